The standard InChI is InChI=1S/C23H28N4O3/c1-16-22(28)25-20-5-3-4-19(21(20)30-16)23(29)26(2)18-9-14-27(15-10-18)13-8-17-6-11-24-12-7-17/h3-7,11-12,16,18H,8-10,13-15H2,1-2H3,(H,25,28). The molecule has 3 heterocycles. The number of amides is 2. The number of anilines is 1. The largest absolute Gasteiger partial charge is 0.478 e. The fraction of sp³-hybridized carbons (Fsp3) is 0.435. The summed E-state index contributed by atoms with van der Waals surface area (Å²) in [5.41, 5.74) is 2.36. The fourth-order valence-electron chi connectivity index (χ4n) is 4.12. The van der Waals surface area contributed by atoms with E-state index in [9.17, 15) is 9.59 Å². The molecule has 1 saturated heterocycles. The zero-order chi connectivity index (χ0) is 21.1. The van der Waals surface area contributed by atoms with Gasteiger partial charge < -0.3 is 19.9 Å². The zero-order valence-electron chi connectivity index (χ0n) is 17.5. The summed E-state index contributed by atoms with van der Waals surface area (Å²) in [5.74, 6) is 0.210. The molecule has 2 amide bonds. The molecule has 2 aliphatic rings. The predicted molar refractivity (Wildman–Crippen MR) is 115 cm³/mol. The Morgan fingerprint density at radius 1 is 1.23 bits per heavy atom. The molecule has 1 atom stereocenters. The van der Waals surface area contributed by atoms with Crippen LogP contribution < -0.4 is 10.1 Å². The number of fused-ring (bicyclic) bond motifs is 1. The van der Waals surface area contributed by atoms with Crippen molar-refractivity contribution < 1.29 is 14.3 Å². The molecule has 4 rings (SSSR count). The molecule has 0 bridgehead atoms. The minimum absolute atomic E-state index is 0.0644. The third kappa shape index (κ3) is 4.31. The number of pyridine rings is 1. The Morgan fingerprint density at radius 3 is 2.70 bits per heavy atom. The Morgan fingerprint density at radius 2 is 1.97 bits per heavy atom. The van der Waals surface area contributed by atoms with Crippen molar-refractivity contribution in [3.63, 3.8) is 0 Å². The second-order valence-corrected chi connectivity index (χ2v) is 8.03. The van der Waals surface area contributed by atoms with E-state index >= 15 is 0 Å². The first kappa shape index (κ1) is 20.3. The molecular weight excluding hydrogens is 380 g/mol. The normalized spacial score (nSPS) is 19.5. The molecule has 2 aromatic rings. The van der Waals surface area contributed by atoms with Gasteiger partial charge in [-0.25, -0.2) is 0 Å². The van der Waals surface area contributed by atoms with E-state index in [0.29, 0.717) is 17.0 Å². The summed E-state index contributed by atoms with van der Waals surface area (Å²) in [6.07, 6.45) is 5.96. The van der Waals surface area contributed by atoms with Crippen LogP contribution in [0.5, 0.6) is 5.75 Å². The van der Waals surface area contributed by atoms with Gasteiger partial charge in [-0.15, -0.1) is 0 Å². The molecule has 7 heteroatoms. The number of piperidine rings is 1. The molecule has 1 aromatic heterocycles. The second kappa shape index (κ2) is 8.83. The van der Waals surface area contributed by atoms with Gasteiger partial charge in [0.15, 0.2) is 11.9 Å². The van der Waals surface area contributed by atoms with Crippen LogP contribution in [0.15, 0.2) is 42.7 Å². The fourth-order valence-corrected chi connectivity index (χ4v) is 4.12. The Balaban J connectivity index is 1.36. The SMILES string of the molecule is CC1Oc2c(cccc2C(=O)N(C)C2CCN(CCc3ccncc3)CC2)NC1=O. The van der Waals surface area contributed by atoms with E-state index in [0.717, 1.165) is 38.9 Å². The first-order chi connectivity index (χ1) is 14.5. The molecule has 1 fully saturated rings. The number of para-hydroxylation sites is 1. The van der Waals surface area contributed by atoms with E-state index in [4.69, 9.17) is 4.74 Å². The summed E-state index contributed by atoms with van der Waals surface area (Å²) >= 11 is 0. The van der Waals surface area contributed by atoms with Crippen LogP contribution in [-0.4, -0.2) is 65.4 Å². The number of hydrogen-bond acceptors (Lipinski definition) is 5. The highest BCUT2D eigenvalue weighted by atomic mass is 16.5. The van der Waals surface area contributed by atoms with Crippen LogP contribution in [0.3, 0.4) is 0 Å². The van der Waals surface area contributed by atoms with Crippen molar-refractivity contribution in [3.05, 3.63) is 53.9 Å². The van der Waals surface area contributed by atoms with Gasteiger partial charge >= 0.3 is 0 Å². The third-order valence-electron chi connectivity index (χ3n) is 6.06. The summed E-state index contributed by atoms with van der Waals surface area (Å²) in [5, 5.41) is 2.81. The highest BCUT2D eigenvalue weighted by Crippen LogP contribution is 2.34. The van der Waals surface area contributed by atoms with Crippen LogP contribution >= 0.6 is 0 Å². The van der Waals surface area contributed by atoms with Gasteiger partial charge in [0.05, 0.1) is 11.3 Å². The van der Waals surface area contributed by atoms with Gasteiger partial charge in [0.25, 0.3) is 11.8 Å². The van der Waals surface area contributed by atoms with E-state index < -0.39 is 6.10 Å². The number of likely N-dealkylation sites (tertiary alicyclic amines) is 1. The quantitative estimate of drug-likeness (QED) is 0.823. The van der Waals surface area contributed by atoms with Crippen LogP contribution in [0.25, 0.3) is 0 Å². The summed E-state index contributed by atoms with van der Waals surface area (Å²) in [6, 6.07) is 9.63. The van der Waals surface area contributed by atoms with Crippen molar-refractivity contribution in [1.82, 2.24) is 14.8 Å². The van der Waals surface area contributed by atoms with Crippen LogP contribution in [0.1, 0.15) is 35.7 Å². The molecule has 0 spiro atoms. The highest BCUT2D eigenvalue weighted by molar-refractivity contribution is 6.04. The smallest absolute Gasteiger partial charge is 0.265 e. The maximum atomic E-state index is 13.2. The van der Waals surface area contributed by atoms with E-state index in [1.54, 1.807) is 25.1 Å². The summed E-state index contributed by atoms with van der Waals surface area (Å²) in [6.45, 7) is 4.66. The minimum atomic E-state index is -0.611. The van der Waals surface area contributed by atoms with Crippen molar-refractivity contribution in [2.75, 3.05) is 32.0 Å². The van der Waals surface area contributed by atoms with Crippen molar-refractivity contribution >= 4 is 17.5 Å². The van der Waals surface area contributed by atoms with Crippen molar-refractivity contribution in [3.8, 4) is 5.75 Å². The first-order valence-corrected chi connectivity index (χ1v) is 10.5. The Bertz CT molecular complexity index is 910. The Kier molecular flexibility index (Phi) is 5.99. The number of carbonyl (C=O) groups excluding carboxylic acids is 2. The van der Waals surface area contributed by atoms with E-state index in [1.807, 2.05) is 24.3 Å². The van der Waals surface area contributed by atoms with Gasteiger partial charge in [-0.3, -0.25) is 14.6 Å². The number of aromatic nitrogens is 1. The van der Waals surface area contributed by atoms with E-state index in [-0.39, 0.29) is 17.9 Å². The number of ether oxygens (including phenoxy) is 1. The number of carbonyl (C=O) groups is 2. The monoisotopic (exact) mass is 408 g/mol. The molecule has 0 saturated carbocycles. The minimum Gasteiger partial charge on any atom is -0.478 e. The van der Waals surface area contributed by atoms with E-state index in [2.05, 4.69) is 27.3 Å². The van der Waals surface area contributed by atoms with Gasteiger partial charge in [0, 0.05) is 45.1 Å². The molecule has 1 aromatic carbocycles. The maximum absolute atomic E-state index is 13.2. The highest BCUT2D eigenvalue weighted by Gasteiger charge is 2.31. The Hall–Kier alpha value is -2.93. The molecule has 7 nitrogen and oxygen atoms in total. The molecule has 1 N–H and O–H groups in total. The lowest BCUT2D eigenvalue weighted by Gasteiger charge is -2.37. The van der Waals surface area contributed by atoms with Gasteiger partial charge in [0.1, 0.15) is 0 Å². The van der Waals surface area contributed by atoms with Crippen LogP contribution in [-0.2, 0) is 11.2 Å². The van der Waals surface area contributed by atoms with Crippen molar-refractivity contribution in [1.29, 1.82) is 0 Å². The van der Waals surface area contributed by atoms with Gasteiger partial charge in [-0.05, 0) is 56.0 Å². The zero-order valence-corrected chi connectivity index (χ0v) is 17.5. The van der Waals surface area contributed by atoms with Gasteiger partial charge in [-0.1, -0.05) is 6.07 Å². The molecule has 1 unspecified atom stereocenters. The van der Waals surface area contributed by atoms with Gasteiger partial charge in [0.2, 0.25) is 0 Å². The van der Waals surface area contributed by atoms with Gasteiger partial charge in [-0.2, -0.15) is 0 Å². The third-order valence-corrected chi connectivity index (χ3v) is 6.06. The summed E-state index contributed by atoms with van der Waals surface area (Å²) in [7, 11) is 1.86. The average Bonchev–Trinajstić information content (AvgIpc) is 2.78. The number of benzene rings is 1. The lowest BCUT2D eigenvalue weighted by Crippen LogP contribution is -2.46. The van der Waals surface area contributed by atoms with Crippen LogP contribution in [0, 0.1) is 0 Å². The van der Waals surface area contributed by atoms with Crippen molar-refractivity contribution in [2.45, 2.75) is 38.3 Å². The Labute approximate surface area is 177 Å². The number of rotatable bonds is 5. The van der Waals surface area contributed by atoms with E-state index in [1.165, 1.54) is 5.56 Å². The molecule has 0 radical (unpaired) electrons. The number of nitrogens with zero attached hydrogens (tertiary/aromatic N) is 3. The maximum Gasteiger partial charge on any atom is 0.265 e. The molecule has 30 heavy (non-hydrogen) atoms. The molecule has 0 aliphatic carbocycles. The van der Waals surface area contributed by atoms with Crippen LogP contribution in [0.2, 0.25) is 0 Å². The van der Waals surface area contributed by atoms with Crippen LogP contribution in [0.4, 0.5) is 5.69 Å². The van der Waals surface area contributed by atoms with Crippen molar-refractivity contribution in [2.24, 2.45) is 0 Å². The number of nitrogens with one attached hydrogen (secondary N) is 1. The lowest BCUT2D eigenvalue weighted by molar-refractivity contribution is -0.122. The lowest BCUT2D eigenvalue weighted by atomic mass is 10.0. The second-order valence-electron chi connectivity index (χ2n) is 8.03. The predicted octanol–water partition coefficient (Wildman–Crippen LogP) is 2.58. The topological polar surface area (TPSA) is 74.8 Å². The average molecular weight is 409 g/mol. The summed E-state index contributed by atoms with van der Waals surface area (Å²) in [4.78, 5) is 33.4. The molecule has 2 aliphatic heterocycles. The summed E-state index contributed by atoms with van der Waals surface area (Å²) < 4.78 is 5.75. The first-order valence-electron chi connectivity index (χ1n) is 10.5. The molecule has 158 valence electrons. The number of hydrogen-bond donors (Lipinski definition) is 1. The molecular formula is C23H28N4O3.